The fourth-order valence-electron chi connectivity index (χ4n) is 2.42. The van der Waals surface area contributed by atoms with E-state index in [1.165, 1.54) is 43.3 Å². The molecule has 5 nitrogen and oxygen atoms in total. The van der Waals surface area contributed by atoms with Gasteiger partial charge in [0, 0.05) is 41.9 Å². The highest BCUT2D eigenvalue weighted by molar-refractivity contribution is 5.24. The van der Waals surface area contributed by atoms with E-state index in [2.05, 4.69) is 44.0 Å². The van der Waals surface area contributed by atoms with Gasteiger partial charge in [-0.2, -0.15) is 0 Å². The van der Waals surface area contributed by atoms with Crippen molar-refractivity contribution in [1.82, 2.24) is 24.9 Å². The van der Waals surface area contributed by atoms with Crippen LogP contribution in [0.1, 0.15) is 41.2 Å². The first-order chi connectivity index (χ1) is 12.1. The summed E-state index contributed by atoms with van der Waals surface area (Å²) in [7, 11) is 0. The average molecular weight is 335 g/mol. The van der Waals surface area contributed by atoms with E-state index in [9.17, 15) is 0 Å². The molecule has 0 radical (unpaired) electrons. The lowest BCUT2D eigenvalue weighted by Crippen LogP contribution is -2.05. The summed E-state index contributed by atoms with van der Waals surface area (Å²) in [6.45, 7) is 5.91. The molecular weight excluding hydrogens is 310 g/mol. The van der Waals surface area contributed by atoms with E-state index in [1.807, 2.05) is 19.9 Å². The Morgan fingerprint density at radius 2 is 1.56 bits per heavy atom. The largest absolute Gasteiger partial charge is 0.261 e. The molecule has 0 amide bonds. The van der Waals surface area contributed by atoms with Crippen molar-refractivity contribution in [2.45, 2.75) is 46.5 Å². The smallest absolute Gasteiger partial charge is 0.115 e. The lowest BCUT2D eigenvalue weighted by molar-refractivity contribution is 0.665. The summed E-state index contributed by atoms with van der Waals surface area (Å²) in [6, 6.07) is 6.21. The first-order valence-electron chi connectivity index (χ1n) is 8.56. The van der Waals surface area contributed by atoms with Crippen molar-refractivity contribution >= 4 is 0 Å². The third kappa shape index (κ3) is 7.16. The molecule has 0 aromatic carbocycles. The Labute approximate surface area is 149 Å². The standard InChI is InChI=1S/C10H13N.2C5H6N2/c1-8-6-7-9-4-2-3-5-10(9)11-8;1-5-4-6-2-3-7-5;1-5-2-3-6-4-7-5/h6-7H,2-5H2,1H3;2*2-4H,1H3. The van der Waals surface area contributed by atoms with Gasteiger partial charge in [0.05, 0.1) is 5.69 Å². The SMILES string of the molecule is Cc1ccc2c(n1)CCCC2.Cc1ccncn1.Cc1cnccn1. The summed E-state index contributed by atoms with van der Waals surface area (Å²) in [5.41, 5.74) is 5.95. The monoisotopic (exact) mass is 335 g/mol. The molecule has 3 aromatic rings. The number of nitrogens with zero attached hydrogens (tertiary/aromatic N) is 5. The highest BCUT2D eigenvalue weighted by atomic mass is 14.8. The van der Waals surface area contributed by atoms with Gasteiger partial charge in [-0.1, -0.05) is 6.07 Å². The average Bonchev–Trinajstić information content (AvgIpc) is 2.64. The van der Waals surface area contributed by atoms with Crippen LogP contribution in [0.25, 0.3) is 0 Å². The molecule has 0 fully saturated rings. The Morgan fingerprint density at radius 1 is 0.720 bits per heavy atom. The molecule has 0 saturated carbocycles. The second-order valence-electron chi connectivity index (χ2n) is 5.96. The van der Waals surface area contributed by atoms with Gasteiger partial charge in [0.15, 0.2) is 0 Å². The van der Waals surface area contributed by atoms with Crippen molar-refractivity contribution in [2.24, 2.45) is 0 Å². The van der Waals surface area contributed by atoms with Crippen molar-refractivity contribution in [3.8, 4) is 0 Å². The van der Waals surface area contributed by atoms with Gasteiger partial charge in [-0.25, -0.2) is 9.97 Å². The summed E-state index contributed by atoms with van der Waals surface area (Å²) in [6.07, 6.45) is 13.4. The summed E-state index contributed by atoms with van der Waals surface area (Å²) in [4.78, 5) is 19.9. The Kier molecular flexibility index (Phi) is 7.63. The summed E-state index contributed by atoms with van der Waals surface area (Å²) >= 11 is 0. The maximum Gasteiger partial charge on any atom is 0.115 e. The molecule has 0 spiro atoms. The number of pyridine rings is 1. The van der Waals surface area contributed by atoms with Crippen LogP contribution in [0.2, 0.25) is 0 Å². The van der Waals surface area contributed by atoms with Crippen LogP contribution < -0.4 is 0 Å². The van der Waals surface area contributed by atoms with Gasteiger partial charge >= 0.3 is 0 Å². The molecule has 0 saturated heterocycles. The highest BCUT2D eigenvalue weighted by Crippen LogP contribution is 2.18. The van der Waals surface area contributed by atoms with E-state index in [4.69, 9.17) is 0 Å². The molecule has 0 bridgehead atoms. The Hall–Kier alpha value is -2.69. The summed E-state index contributed by atoms with van der Waals surface area (Å²) in [5, 5.41) is 0. The minimum atomic E-state index is 0.961. The molecule has 0 unspecified atom stereocenters. The van der Waals surface area contributed by atoms with E-state index < -0.39 is 0 Å². The van der Waals surface area contributed by atoms with E-state index in [-0.39, 0.29) is 0 Å². The number of hydrogen-bond acceptors (Lipinski definition) is 5. The maximum atomic E-state index is 4.51. The number of aryl methyl sites for hydroxylation is 5. The van der Waals surface area contributed by atoms with Crippen molar-refractivity contribution in [3.63, 3.8) is 0 Å². The molecule has 1 aliphatic rings. The molecule has 0 aliphatic heterocycles. The zero-order valence-corrected chi connectivity index (χ0v) is 15.2. The van der Waals surface area contributed by atoms with Crippen LogP contribution in [0.5, 0.6) is 0 Å². The van der Waals surface area contributed by atoms with Crippen LogP contribution in [0.4, 0.5) is 0 Å². The maximum absolute atomic E-state index is 4.51. The molecule has 130 valence electrons. The van der Waals surface area contributed by atoms with Crippen LogP contribution in [0.15, 0.2) is 49.3 Å². The van der Waals surface area contributed by atoms with Crippen LogP contribution in [-0.2, 0) is 12.8 Å². The van der Waals surface area contributed by atoms with Crippen LogP contribution in [0, 0.1) is 20.8 Å². The first kappa shape index (κ1) is 18.6. The van der Waals surface area contributed by atoms with Gasteiger partial charge < -0.3 is 0 Å². The predicted molar refractivity (Wildman–Crippen MR) is 99.2 cm³/mol. The number of aromatic nitrogens is 5. The Morgan fingerprint density at radius 3 is 2.12 bits per heavy atom. The molecule has 0 atom stereocenters. The first-order valence-corrected chi connectivity index (χ1v) is 8.56. The molecule has 5 heteroatoms. The van der Waals surface area contributed by atoms with Crippen LogP contribution in [-0.4, -0.2) is 24.9 Å². The minimum Gasteiger partial charge on any atom is -0.261 e. The summed E-state index contributed by atoms with van der Waals surface area (Å²) in [5.74, 6) is 0. The fourth-order valence-corrected chi connectivity index (χ4v) is 2.42. The van der Waals surface area contributed by atoms with Crippen molar-refractivity contribution in [2.75, 3.05) is 0 Å². The van der Waals surface area contributed by atoms with Crippen LogP contribution >= 0.6 is 0 Å². The second kappa shape index (κ2) is 10.2. The lowest BCUT2D eigenvalue weighted by Gasteiger charge is -2.14. The third-order valence-corrected chi connectivity index (χ3v) is 3.74. The van der Waals surface area contributed by atoms with Crippen molar-refractivity contribution < 1.29 is 0 Å². The highest BCUT2D eigenvalue weighted by Gasteiger charge is 2.09. The van der Waals surface area contributed by atoms with Gasteiger partial charge in [0.1, 0.15) is 6.33 Å². The molecule has 25 heavy (non-hydrogen) atoms. The molecule has 4 rings (SSSR count). The zero-order valence-electron chi connectivity index (χ0n) is 15.2. The topological polar surface area (TPSA) is 64.5 Å². The van der Waals surface area contributed by atoms with Gasteiger partial charge in [-0.3, -0.25) is 15.0 Å². The quantitative estimate of drug-likeness (QED) is 0.624. The van der Waals surface area contributed by atoms with Crippen molar-refractivity contribution in [1.29, 1.82) is 0 Å². The van der Waals surface area contributed by atoms with Gasteiger partial charge in [0.2, 0.25) is 0 Å². The van der Waals surface area contributed by atoms with Gasteiger partial charge in [0.25, 0.3) is 0 Å². The number of rotatable bonds is 0. The van der Waals surface area contributed by atoms with Crippen molar-refractivity contribution in [3.05, 3.63) is 77.7 Å². The van der Waals surface area contributed by atoms with Crippen LogP contribution in [0.3, 0.4) is 0 Å². The fraction of sp³-hybridized carbons (Fsp3) is 0.350. The molecular formula is C20H25N5. The van der Waals surface area contributed by atoms with E-state index in [0.717, 1.165) is 17.1 Å². The predicted octanol–water partition coefficient (Wildman–Crippen LogP) is 3.84. The number of hydrogen-bond donors (Lipinski definition) is 0. The lowest BCUT2D eigenvalue weighted by atomic mass is 9.96. The van der Waals surface area contributed by atoms with Gasteiger partial charge in [-0.05, 0) is 64.2 Å². The van der Waals surface area contributed by atoms with E-state index in [1.54, 1.807) is 24.8 Å². The summed E-state index contributed by atoms with van der Waals surface area (Å²) < 4.78 is 0. The molecule has 0 N–H and O–H groups in total. The normalized spacial score (nSPS) is 12.0. The van der Waals surface area contributed by atoms with Gasteiger partial charge in [-0.15, -0.1) is 0 Å². The zero-order chi connectivity index (χ0) is 17.9. The Bertz CT molecular complexity index is 707. The minimum absolute atomic E-state index is 0.961. The Balaban J connectivity index is 0.000000142. The van der Waals surface area contributed by atoms with E-state index in [0.29, 0.717) is 0 Å². The third-order valence-electron chi connectivity index (χ3n) is 3.74. The molecule has 1 aliphatic carbocycles. The molecule has 3 aromatic heterocycles. The van der Waals surface area contributed by atoms with E-state index >= 15 is 0 Å². The number of fused-ring (bicyclic) bond motifs is 1. The molecule has 3 heterocycles. The second-order valence-corrected chi connectivity index (χ2v) is 5.96.